The lowest BCUT2D eigenvalue weighted by atomic mass is 10.1. The van der Waals surface area contributed by atoms with Gasteiger partial charge in [-0.25, -0.2) is 4.98 Å². The minimum Gasteiger partial charge on any atom is -0.488 e. The number of alkyl halides is 3. The number of nitriles is 1. The van der Waals surface area contributed by atoms with Crippen molar-refractivity contribution in [3.63, 3.8) is 0 Å². The van der Waals surface area contributed by atoms with E-state index in [-0.39, 0.29) is 23.4 Å². The zero-order valence-corrected chi connectivity index (χ0v) is 22.1. The van der Waals surface area contributed by atoms with Gasteiger partial charge in [0.15, 0.2) is 5.82 Å². The Bertz CT molecular complexity index is 1860. The second-order valence-corrected chi connectivity index (χ2v) is 9.55. The first kappa shape index (κ1) is 26.8. The lowest BCUT2D eigenvalue weighted by Gasteiger charge is -2.13. The van der Waals surface area contributed by atoms with E-state index in [0.29, 0.717) is 32.4 Å². The maximum Gasteiger partial charge on any atom is 0.416 e. The number of nitrogens with zero attached hydrogens (tertiary/aromatic N) is 4. The molecule has 0 radical (unpaired) electrons. The van der Waals surface area contributed by atoms with Crippen LogP contribution in [0.3, 0.4) is 0 Å². The number of hydrogen-bond acceptors (Lipinski definition) is 5. The van der Waals surface area contributed by atoms with Crippen molar-refractivity contribution in [1.29, 1.82) is 5.26 Å². The van der Waals surface area contributed by atoms with Crippen molar-refractivity contribution >= 4 is 33.0 Å². The van der Waals surface area contributed by atoms with Gasteiger partial charge in [-0.3, -0.25) is 4.79 Å². The SMILES string of the molecule is N#Cc1ccccc1COc1ccc(Br)cc1C=Nn1c(-c2cccc(C(F)(F)F)c2)nc2ccccc2c1=O. The minimum atomic E-state index is -4.58. The van der Waals surface area contributed by atoms with Gasteiger partial charge < -0.3 is 4.74 Å². The number of ether oxygens (including phenoxy) is 1. The fraction of sp³-hybridized carbons (Fsp3) is 0.0667. The first-order valence-electron chi connectivity index (χ1n) is 11.9. The van der Waals surface area contributed by atoms with E-state index in [4.69, 9.17) is 4.74 Å². The van der Waals surface area contributed by atoms with Gasteiger partial charge in [-0.05, 0) is 48.5 Å². The third kappa shape index (κ3) is 5.65. The first-order valence-corrected chi connectivity index (χ1v) is 12.7. The molecule has 1 aromatic heterocycles. The van der Waals surface area contributed by atoms with Crippen LogP contribution in [0, 0.1) is 11.3 Å². The Labute approximate surface area is 234 Å². The second-order valence-electron chi connectivity index (χ2n) is 8.63. The number of rotatable bonds is 6. The van der Waals surface area contributed by atoms with E-state index in [1.165, 1.54) is 18.3 Å². The highest BCUT2D eigenvalue weighted by atomic mass is 79.9. The Hall–Kier alpha value is -4.75. The number of hydrogen-bond donors (Lipinski definition) is 0. The molecule has 0 aliphatic rings. The molecule has 0 saturated heterocycles. The van der Waals surface area contributed by atoms with Gasteiger partial charge >= 0.3 is 6.18 Å². The number of fused-ring (bicyclic) bond motifs is 1. The third-order valence-corrected chi connectivity index (χ3v) is 6.50. The molecule has 0 aliphatic carbocycles. The van der Waals surface area contributed by atoms with Gasteiger partial charge in [-0.15, -0.1) is 0 Å². The zero-order valence-electron chi connectivity index (χ0n) is 20.6. The Morgan fingerprint density at radius 1 is 1.00 bits per heavy atom. The Morgan fingerprint density at radius 2 is 1.77 bits per heavy atom. The van der Waals surface area contributed by atoms with Gasteiger partial charge in [-0.2, -0.15) is 28.2 Å². The van der Waals surface area contributed by atoms with E-state index in [1.54, 1.807) is 66.7 Å². The summed E-state index contributed by atoms with van der Waals surface area (Å²) in [6, 6.07) is 25.5. The van der Waals surface area contributed by atoms with E-state index < -0.39 is 17.3 Å². The van der Waals surface area contributed by atoms with Crippen LogP contribution in [0.15, 0.2) is 105 Å². The van der Waals surface area contributed by atoms with Gasteiger partial charge in [0, 0.05) is 21.2 Å². The summed E-state index contributed by atoms with van der Waals surface area (Å²) < 4.78 is 48.0. The molecule has 0 saturated carbocycles. The van der Waals surface area contributed by atoms with Crippen LogP contribution in [0.1, 0.15) is 22.3 Å². The fourth-order valence-corrected chi connectivity index (χ4v) is 4.41. The van der Waals surface area contributed by atoms with Gasteiger partial charge in [0.05, 0.1) is 34.3 Å². The largest absolute Gasteiger partial charge is 0.488 e. The molecule has 5 rings (SSSR count). The second kappa shape index (κ2) is 11.2. The van der Waals surface area contributed by atoms with Crippen LogP contribution in [-0.4, -0.2) is 15.9 Å². The molecule has 0 amide bonds. The molecule has 0 unspecified atom stereocenters. The zero-order chi connectivity index (χ0) is 28.3. The summed E-state index contributed by atoms with van der Waals surface area (Å²) in [5, 5.41) is 14.0. The Morgan fingerprint density at radius 3 is 2.58 bits per heavy atom. The predicted molar refractivity (Wildman–Crippen MR) is 149 cm³/mol. The van der Waals surface area contributed by atoms with Crippen LogP contribution < -0.4 is 10.3 Å². The molecule has 4 aromatic carbocycles. The summed E-state index contributed by atoms with van der Waals surface area (Å²) in [4.78, 5) is 18.0. The van der Waals surface area contributed by atoms with Crippen LogP contribution in [-0.2, 0) is 12.8 Å². The predicted octanol–water partition coefficient (Wildman–Crippen LogP) is 7.18. The lowest BCUT2D eigenvalue weighted by Crippen LogP contribution is -2.20. The van der Waals surface area contributed by atoms with Gasteiger partial charge in [0.2, 0.25) is 0 Å². The smallest absolute Gasteiger partial charge is 0.416 e. The quantitative estimate of drug-likeness (QED) is 0.193. The van der Waals surface area contributed by atoms with Crippen molar-refractivity contribution in [2.45, 2.75) is 12.8 Å². The minimum absolute atomic E-state index is 0.0496. The highest BCUT2D eigenvalue weighted by molar-refractivity contribution is 9.10. The summed E-state index contributed by atoms with van der Waals surface area (Å²) in [6.45, 7) is 0.110. The number of benzene rings is 4. The maximum atomic E-state index is 13.5. The normalized spacial score (nSPS) is 11.6. The van der Waals surface area contributed by atoms with Crippen molar-refractivity contribution in [1.82, 2.24) is 9.66 Å². The van der Waals surface area contributed by atoms with E-state index in [0.717, 1.165) is 16.8 Å². The number of halogens is 4. The molecule has 40 heavy (non-hydrogen) atoms. The summed E-state index contributed by atoms with van der Waals surface area (Å²) in [7, 11) is 0. The lowest BCUT2D eigenvalue weighted by molar-refractivity contribution is -0.137. The average Bonchev–Trinajstić information content (AvgIpc) is 2.96. The summed E-state index contributed by atoms with van der Waals surface area (Å²) in [6.07, 6.45) is -3.20. The van der Waals surface area contributed by atoms with Crippen LogP contribution >= 0.6 is 15.9 Å². The maximum absolute atomic E-state index is 13.5. The average molecular weight is 603 g/mol. The first-order chi connectivity index (χ1) is 19.2. The standard InChI is InChI=1S/C30H18BrF3N4O2/c31-24-12-13-27(40-18-21-7-2-1-6-20(21)16-35)22(15-24)17-36-38-28(19-8-5-9-23(14-19)30(32,33)34)37-26-11-4-3-10-25(26)29(38)39/h1-15,17H,18H2. The summed E-state index contributed by atoms with van der Waals surface area (Å²) in [5.74, 6) is 0.369. The van der Waals surface area contributed by atoms with Crippen LogP contribution in [0.25, 0.3) is 22.3 Å². The van der Waals surface area contributed by atoms with E-state index in [9.17, 15) is 23.2 Å². The summed E-state index contributed by atoms with van der Waals surface area (Å²) >= 11 is 3.42. The van der Waals surface area contributed by atoms with Crippen molar-refractivity contribution in [2.24, 2.45) is 5.10 Å². The van der Waals surface area contributed by atoms with E-state index >= 15 is 0 Å². The molecule has 0 fully saturated rings. The van der Waals surface area contributed by atoms with Crippen molar-refractivity contribution in [3.05, 3.63) is 128 Å². The molecule has 10 heteroatoms. The molecule has 0 atom stereocenters. The third-order valence-electron chi connectivity index (χ3n) is 6.01. The Kier molecular flexibility index (Phi) is 7.49. The van der Waals surface area contributed by atoms with Crippen LogP contribution in [0.5, 0.6) is 5.75 Å². The van der Waals surface area contributed by atoms with Crippen molar-refractivity contribution in [3.8, 4) is 23.2 Å². The molecule has 6 nitrogen and oxygen atoms in total. The van der Waals surface area contributed by atoms with Gasteiger partial charge in [0.1, 0.15) is 12.4 Å². The highest BCUT2D eigenvalue weighted by Gasteiger charge is 2.31. The van der Waals surface area contributed by atoms with Crippen LogP contribution in [0.2, 0.25) is 0 Å². The molecule has 0 spiro atoms. The molecule has 1 heterocycles. The molecular formula is C30H18BrF3N4O2. The van der Waals surface area contributed by atoms with Gasteiger partial charge in [0.25, 0.3) is 5.56 Å². The van der Waals surface area contributed by atoms with Crippen molar-refractivity contribution in [2.75, 3.05) is 0 Å². The monoisotopic (exact) mass is 602 g/mol. The van der Waals surface area contributed by atoms with Crippen LogP contribution in [0.4, 0.5) is 13.2 Å². The van der Waals surface area contributed by atoms with Gasteiger partial charge in [-0.1, -0.05) is 58.4 Å². The fourth-order valence-electron chi connectivity index (χ4n) is 4.03. The number of para-hydroxylation sites is 1. The highest BCUT2D eigenvalue weighted by Crippen LogP contribution is 2.32. The molecular weight excluding hydrogens is 585 g/mol. The topological polar surface area (TPSA) is 80.3 Å². The molecule has 198 valence electrons. The number of aromatic nitrogens is 2. The Balaban J connectivity index is 1.60. The summed E-state index contributed by atoms with van der Waals surface area (Å²) in [5.41, 5.74) is 0.645. The van der Waals surface area contributed by atoms with E-state index in [1.807, 2.05) is 0 Å². The molecule has 0 N–H and O–H groups in total. The molecule has 5 aromatic rings. The molecule has 0 bridgehead atoms. The van der Waals surface area contributed by atoms with Crippen molar-refractivity contribution < 1.29 is 17.9 Å². The molecule has 0 aliphatic heterocycles. The van der Waals surface area contributed by atoms with E-state index in [2.05, 4.69) is 32.1 Å².